The molecule has 1 aliphatic heterocycles. The number of hydrogen-bond donors (Lipinski definition) is 1. The monoisotopic (exact) mass is 229 g/mol. The van der Waals surface area contributed by atoms with Gasteiger partial charge < -0.3 is 5.32 Å². The fourth-order valence-electron chi connectivity index (χ4n) is 3.47. The Labute approximate surface area is 102 Å². The zero-order chi connectivity index (χ0) is 12.0. The second-order valence-electron chi connectivity index (χ2n) is 5.74. The van der Waals surface area contributed by atoms with Gasteiger partial charge >= 0.3 is 0 Å². The van der Waals surface area contributed by atoms with Crippen LogP contribution in [0.4, 0.5) is 0 Å². The van der Waals surface area contributed by atoms with Gasteiger partial charge in [0.15, 0.2) is 0 Å². The number of amides is 1. The molecule has 0 aromatic heterocycles. The maximum absolute atomic E-state index is 11.5. The van der Waals surface area contributed by atoms with Crippen molar-refractivity contribution >= 4 is 5.91 Å². The SMILES string of the molecule is Cc1ccc2c(c1)CC[C@H]1NC(=O)CC[C@]21C. The zero-order valence-corrected chi connectivity index (χ0v) is 10.5. The molecule has 2 aliphatic rings. The standard InChI is InChI=1S/C15H19NO/c1-10-3-5-12-11(9-10)4-6-13-15(12,2)8-7-14(17)16-13/h3,5,9,13H,4,6-8H2,1-2H3,(H,16,17)/t13-,15-/m1/s1. The minimum Gasteiger partial charge on any atom is -0.352 e. The second-order valence-corrected chi connectivity index (χ2v) is 5.74. The number of piperidine rings is 1. The summed E-state index contributed by atoms with van der Waals surface area (Å²) in [6.07, 6.45) is 3.83. The molecule has 2 atom stereocenters. The van der Waals surface area contributed by atoms with Crippen molar-refractivity contribution in [3.8, 4) is 0 Å². The zero-order valence-electron chi connectivity index (χ0n) is 10.5. The smallest absolute Gasteiger partial charge is 0.220 e. The van der Waals surface area contributed by atoms with Gasteiger partial charge in [-0.15, -0.1) is 0 Å². The third-order valence-corrected chi connectivity index (χ3v) is 4.55. The first kappa shape index (κ1) is 10.8. The minimum absolute atomic E-state index is 0.148. The number of fused-ring (bicyclic) bond motifs is 3. The number of carbonyl (C=O) groups is 1. The van der Waals surface area contributed by atoms with Gasteiger partial charge in [0.05, 0.1) is 0 Å². The Hall–Kier alpha value is -1.31. The van der Waals surface area contributed by atoms with Crippen LogP contribution in [-0.4, -0.2) is 11.9 Å². The topological polar surface area (TPSA) is 29.1 Å². The average Bonchev–Trinajstić information content (AvgIpc) is 2.30. The molecule has 0 radical (unpaired) electrons. The number of aryl methyl sites for hydroxylation is 2. The Morgan fingerprint density at radius 2 is 2.18 bits per heavy atom. The third kappa shape index (κ3) is 1.58. The van der Waals surface area contributed by atoms with Gasteiger partial charge in [0.2, 0.25) is 5.91 Å². The molecule has 1 fully saturated rings. The summed E-state index contributed by atoms with van der Waals surface area (Å²) in [5.41, 5.74) is 4.43. The van der Waals surface area contributed by atoms with E-state index in [1.54, 1.807) is 0 Å². The Bertz CT molecular complexity index is 480. The van der Waals surface area contributed by atoms with Crippen molar-refractivity contribution in [3.05, 3.63) is 34.9 Å². The van der Waals surface area contributed by atoms with E-state index in [1.807, 2.05) is 0 Å². The molecule has 0 spiro atoms. The minimum atomic E-state index is 0.148. The summed E-state index contributed by atoms with van der Waals surface area (Å²) in [6, 6.07) is 7.11. The van der Waals surface area contributed by atoms with Crippen LogP contribution in [0.15, 0.2) is 18.2 Å². The molecule has 1 heterocycles. The van der Waals surface area contributed by atoms with E-state index in [2.05, 4.69) is 37.4 Å². The lowest BCUT2D eigenvalue weighted by molar-refractivity contribution is -0.125. The normalized spacial score (nSPS) is 31.4. The molecule has 1 amide bonds. The predicted octanol–water partition coefficient (Wildman–Crippen LogP) is 2.48. The van der Waals surface area contributed by atoms with Crippen LogP contribution < -0.4 is 5.32 Å². The Morgan fingerprint density at radius 3 is 3.00 bits per heavy atom. The van der Waals surface area contributed by atoms with Crippen LogP contribution in [0.25, 0.3) is 0 Å². The van der Waals surface area contributed by atoms with E-state index >= 15 is 0 Å². The molecule has 17 heavy (non-hydrogen) atoms. The molecule has 2 nitrogen and oxygen atoms in total. The molecule has 2 heteroatoms. The highest BCUT2D eigenvalue weighted by atomic mass is 16.1. The molecule has 1 aromatic carbocycles. The van der Waals surface area contributed by atoms with Crippen molar-refractivity contribution in [3.63, 3.8) is 0 Å². The molecular weight excluding hydrogens is 210 g/mol. The summed E-state index contributed by atoms with van der Waals surface area (Å²) < 4.78 is 0. The Balaban J connectivity index is 2.07. The summed E-state index contributed by atoms with van der Waals surface area (Å²) in [7, 11) is 0. The molecule has 1 aliphatic carbocycles. The van der Waals surface area contributed by atoms with Crippen molar-refractivity contribution in [1.82, 2.24) is 5.32 Å². The molecular formula is C15H19NO. The number of nitrogens with one attached hydrogen (secondary N) is 1. The van der Waals surface area contributed by atoms with Gasteiger partial charge in [0.1, 0.15) is 0 Å². The van der Waals surface area contributed by atoms with Crippen molar-refractivity contribution in [2.75, 3.05) is 0 Å². The van der Waals surface area contributed by atoms with E-state index in [1.165, 1.54) is 16.7 Å². The summed E-state index contributed by atoms with van der Waals surface area (Å²) in [4.78, 5) is 11.5. The number of rotatable bonds is 0. The first-order valence-electron chi connectivity index (χ1n) is 6.49. The Kier molecular flexibility index (Phi) is 2.29. The predicted molar refractivity (Wildman–Crippen MR) is 68.0 cm³/mol. The Morgan fingerprint density at radius 1 is 1.35 bits per heavy atom. The highest BCUT2D eigenvalue weighted by Crippen LogP contribution is 2.42. The molecule has 0 bridgehead atoms. The fourth-order valence-corrected chi connectivity index (χ4v) is 3.47. The molecule has 1 N–H and O–H groups in total. The van der Waals surface area contributed by atoms with Crippen LogP contribution in [0.2, 0.25) is 0 Å². The van der Waals surface area contributed by atoms with E-state index in [-0.39, 0.29) is 11.3 Å². The van der Waals surface area contributed by atoms with Crippen LogP contribution in [0, 0.1) is 6.92 Å². The molecule has 90 valence electrons. The quantitative estimate of drug-likeness (QED) is 0.727. The van der Waals surface area contributed by atoms with E-state index in [9.17, 15) is 4.79 Å². The summed E-state index contributed by atoms with van der Waals surface area (Å²) in [5.74, 6) is 0.225. The maximum Gasteiger partial charge on any atom is 0.220 e. The highest BCUT2D eigenvalue weighted by Gasteiger charge is 2.43. The fraction of sp³-hybridized carbons (Fsp3) is 0.533. The summed E-state index contributed by atoms with van der Waals surface area (Å²) in [5, 5.41) is 3.18. The molecule has 0 unspecified atom stereocenters. The number of benzene rings is 1. The van der Waals surface area contributed by atoms with Crippen LogP contribution in [0.1, 0.15) is 42.9 Å². The summed E-state index contributed by atoms with van der Waals surface area (Å²) in [6.45, 7) is 4.46. The second kappa shape index (κ2) is 3.59. The van der Waals surface area contributed by atoms with Crippen LogP contribution in [0.5, 0.6) is 0 Å². The van der Waals surface area contributed by atoms with Crippen LogP contribution in [0.3, 0.4) is 0 Å². The molecule has 3 rings (SSSR count). The van der Waals surface area contributed by atoms with Crippen molar-refractivity contribution in [1.29, 1.82) is 0 Å². The first-order valence-corrected chi connectivity index (χ1v) is 6.49. The largest absolute Gasteiger partial charge is 0.352 e. The van der Waals surface area contributed by atoms with Gasteiger partial charge in [-0.25, -0.2) is 0 Å². The van der Waals surface area contributed by atoms with Gasteiger partial charge in [0.25, 0.3) is 0 Å². The van der Waals surface area contributed by atoms with Crippen LogP contribution in [-0.2, 0) is 16.6 Å². The maximum atomic E-state index is 11.5. The van der Waals surface area contributed by atoms with Crippen molar-refractivity contribution in [2.45, 2.75) is 51.0 Å². The van der Waals surface area contributed by atoms with Gasteiger partial charge in [-0.05, 0) is 37.3 Å². The van der Waals surface area contributed by atoms with Gasteiger partial charge in [0, 0.05) is 17.9 Å². The number of carbonyl (C=O) groups excluding carboxylic acids is 1. The van der Waals surface area contributed by atoms with Gasteiger partial charge in [-0.1, -0.05) is 30.7 Å². The molecule has 1 aromatic rings. The first-order chi connectivity index (χ1) is 8.09. The lowest BCUT2D eigenvalue weighted by atomic mass is 9.64. The van der Waals surface area contributed by atoms with Crippen molar-refractivity contribution in [2.24, 2.45) is 0 Å². The molecule has 0 saturated carbocycles. The van der Waals surface area contributed by atoms with Crippen LogP contribution >= 0.6 is 0 Å². The van der Waals surface area contributed by atoms with E-state index in [4.69, 9.17) is 0 Å². The lowest BCUT2D eigenvalue weighted by Crippen LogP contribution is -2.55. The van der Waals surface area contributed by atoms with E-state index < -0.39 is 0 Å². The van der Waals surface area contributed by atoms with Crippen molar-refractivity contribution < 1.29 is 4.79 Å². The molecule has 1 saturated heterocycles. The lowest BCUT2D eigenvalue weighted by Gasteiger charge is -2.46. The summed E-state index contributed by atoms with van der Waals surface area (Å²) >= 11 is 0. The third-order valence-electron chi connectivity index (χ3n) is 4.55. The average molecular weight is 229 g/mol. The van der Waals surface area contributed by atoms with Gasteiger partial charge in [-0.2, -0.15) is 0 Å². The highest BCUT2D eigenvalue weighted by molar-refractivity contribution is 5.78. The van der Waals surface area contributed by atoms with E-state index in [0.717, 1.165) is 19.3 Å². The van der Waals surface area contributed by atoms with Gasteiger partial charge in [-0.3, -0.25) is 4.79 Å². The van der Waals surface area contributed by atoms with E-state index in [0.29, 0.717) is 12.5 Å². The number of hydrogen-bond acceptors (Lipinski definition) is 1.